The van der Waals surface area contributed by atoms with Crippen molar-refractivity contribution in [3.05, 3.63) is 87.0 Å². The van der Waals surface area contributed by atoms with Crippen molar-refractivity contribution < 1.29 is 4.79 Å². The number of fused-ring (bicyclic) bond motifs is 3. The van der Waals surface area contributed by atoms with E-state index in [0.717, 1.165) is 39.3 Å². The molecular formula is C26H25N5O2S. The van der Waals surface area contributed by atoms with Crippen molar-refractivity contribution in [1.29, 1.82) is 0 Å². The van der Waals surface area contributed by atoms with Crippen LogP contribution in [-0.4, -0.2) is 35.3 Å². The second-order valence-corrected chi connectivity index (χ2v) is 9.51. The number of aryl methyl sites for hydroxylation is 3. The highest BCUT2D eigenvalue weighted by atomic mass is 32.2. The number of carbonyl (C=O) groups is 1. The Hall–Kier alpha value is -3.65. The van der Waals surface area contributed by atoms with Gasteiger partial charge in [0.2, 0.25) is 5.78 Å². The highest BCUT2D eigenvalue weighted by Gasteiger charge is 2.21. The molecule has 0 N–H and O–H groups in total. The summed E-state index contributed by atoms with van der Waals surface area (Å²) in [5.74, 6) is 0.695. The first-order valence-electron chi connectivity index (χ1n) is 11.0. The minimum Gasteiger partial charge on any atom is -0.351 e. The van der Waals surface area contributed by atoms with Gasteiger partial charge in [-0.05, 0) is 57.0 Å². The zero-order valence-corrected chi connectivity index (χ0v) is 20.6. The van der Waals surface area contributed by atoms with Crippen molar-refractivity contribution in [3.8, 4) is 5.69 Å². The van der Waals surface area contributed by atoms with E-state index in [2.05, 4.69) is 10.2 Å². The Balaban J connectivity index is 1.67. The van der Waals surface area contributed by atoms with Gasteiger partial charge in [-0.1, -0.05) is 42.1 Å². The van der Waals surface area contributed by atoms with Gasteiger partial charge in [-0.3, -0.25) is 14.0 Å². The molecule has 0 fully saturated rings. The van der Waals surface area contributed by atoms with Crippen LogP contribution in [0.1, 0.15) is 32.9 Å². The van der Waals surface area contributed by atoms with Crippen LogP contribution in [0, 0.1) is 27.7 Å². The predicted molar refractivity (Wildman–Crippen MR) is 136 cm³/mol. The fourth-order valence-corrected chi connectivity index (χ4v) is 5.30. The molecule has 0 saturated heterocycles. The topological polar surface area (TPSA) is 74.2 Å². The molecule has 3 heterocycles. The fraction of sp³-hybridized carbons (Fsp3) is 0.231. The van der Waals surface area contributed by atoms with E-state index < -0.39 is 0 Å². The molecule has 0 unspecified atom stereocenters. The number of benzene rings is 2. The van der Waals surface area contributed by atoms with Crippen molar-refractivity contribution in [3.63, 3.8) is 0 Å². The smallest absolute Gasteiger partial charge is 0.267 e. The molecule has 8 heteroatoms. The second-order valence-electron chi connectivity index (χ2n) is 8.57. The highest BCUT2D eigenvalue weighted by molar-refractivity contribution is 7.99. The summed E-state index contributed by atoms with van der Waals surface area (Å²) in [4.78, 5) is 26.6. The summed E-state index contributed by atoms with van der Waals surface area (Å²) in [5, 5.41) is 9.96. The molecule has 0 amide bonds. The number of hydrogen-bond acceptors (Lipinski definition) is 5. The van der Waals surface area contributed by atoms with E-state index >= 15 is 0 Å². The highest BCUT2D eigenvalue weighted by Crippen LogP contribution is 2.26. The molecule has 5 rings (SSSR count). The lowest BCUT2D eigenvalue weighted by Crippen LogP contribution is -2.23. The number of nitrogens with zero attached hydrogens (tertiary/aromatic N) is 5. The van der Waals surface area contributed by atoms with Crippen LogP contribution in [0.15, 0.2) is 58.5 Å². The summed E-state index contributed by atoms with van der Waals surface area (Å²) >= 11 is 1.33. The summed E-state index contributed by atoms with van der Waals surface area (Å²) in [6, 6.07) is 15.3. The molecule has 172 valence electrons. The van der Waals surface area contributed by atoms with Crippen molar-refractivity contribution in [2.75, 3.05) is 5.75 Å². The van der Waals surface area contributed by atoms with Crippen molar-refractivity contribution in [2.45, 2.75) is 32.9 Å². The summed E-state index contributed by atoms with van der Waals surface area (Å²) < 4.78 is 5.53. The van der Waals surface area contributed by atoms with Crippen LogP contribution >= 0.6 is 11.8 Å². The average molecular weight is 472 g/mol. The van der Waals surface area contributed by atoms with Gasteiger partial charge in [0.1, 0.15) is 0 Å². The van der Waals surface area contributed by atoms with E-state index in [0.29, 0.717) is 16.3 Å². The number of para-hydroxylation sites is 2. The molecule has 3 aromatic heterocycles. The molecular weight excluding hydrogens is 446 g/mol. The Morgan fingerprint density at radius 3 is 2.35 bits per heavy atom. The summed E-state index contributed by atoms with van der Waals surface area (Å²) in [6.07, 6.45) is 0. The third kappa shape index (κ3) is 3.37. The third-order valence-corrected chi connectivity index (χ3v) is 7.39. The molecule has 0 spiro atoms. The molecule has 7 nitrogen and oxygen atoms in total. The first-order chi connectivity index (χ1) is 16.3. The van der Waals surface area contributed by atoms with Crippen LogP contribution in [0.2, 0.25) is 0 Å². The Bertz CT molecular complexity index is 1640. The van der Waals surface area contributed by atoms with Gasteiger partial charge in [-0.2, -0.15) is 0 Å². The maximum atomic E-state index is 13.6. The number of carbonyl (C=O) groups excluding carboxylic acids is 1. The number of rotatable bonds is 5. The third-order valence-electron chi connectivity index (χ3n) is 6.47. The van der Waals surface area contributed by atoms with E-state index in [1.807, 2.05) is 92.2 Å². The average Bonchev–Trinajstić information content (AvgIpc) is 3.36. The summed E-state index contributed by atoms with van der Waals surface area (Å²) in [7, 11) is 1.96. The number of thioether (sulfide) groups is 1. The monoisotopic (exact) mass is 471 g/mol. The van der Waals surface area contributed by atoms with E-state index in [4.69, 9.17) is 0 Å². The molecule has 0 aliphatic carbocycles. The van der Waals surface area contributed by atoms with Crippen LogP contribution in [0.4, 0.5) is 0 Å². The van der Waals surface area contributed by atoms with Gasteiger partial charge >= 0.3 is 0 Å². The maximum absolute atomic E-state index is 13.6. The van der Waals surface area contributed by atoms with Gasteiger partial charge in [0.15, 0.2) is 10.9 Å². The first-order valence-corrected chi connectivity index (χ1v) is 12.0. The molecule has 0 radical (unpaired) electrons. The minimum atomic E-state index is -0.143. The lowest BCUT2D eigenvalue weighted by molar-refractivity contribution is 0.102. The van der Waals surface area contributed by atoms with Gasteiger partial charge in [0.25, 0.3) is 5.56 Å². The molecule has 0 aliphatic heterocycles. The molecule has 2 aromatic carbocycles. The first kappa shape index (κ1) is 22.2. The van der Waals surface area contributed by atoms with Gasteiger partial charge in [0.05, 0.1) is 22.3 Å². The van der Waals surface area contributed by atoms with Crippen LogP contribution in [0.25, 0.3) is 22.4 Å². The van der Waals surface area contributed by atoms with Crippen molar-refractivity contribution in [2.24, 2.45) is 7.05 Å². The minimum absolute atomic E-state index is 0.0373. The lowest BCUT2D eigenvalue weighted by atomic mass is 10.1. The quantitative estimate of drug-likeness (QED) is 0.277. The molecule has 0 saturated carbocycles. The largest absolute Gasteiger partial charge is 0.351 e. The van der Waals surface area contributed by atoms with Gasteiger partial charge in [-0.15, -0.1) is 10.2 Å². The number of hydrogen-bond donors (Lipinski definition) is 0. The normalized spacial score (nSPS) is 11.6. The van der Waals surface area contributed by atoms with Crippen molar-refractivity contribution >= 4 is 34.2 Å². The zero-order valence-electron chi connectivity index (χ0n) is 19.8. The van der Waals surface area contributed by atoms with E-state index in [1.165, 1.54) is 11.8 Å². The fourth-order valence-electron chi connectivity index (χ4n) is 4.48. The Morgan fingerprint density at radius 1 is 0.971 bits per heavy atom. The van der Waals surface area contributed by atoms with Crippen LogP contribution in [0.3, 0.4) is 0 Å². The standard InChI is InChI=1S/C26H25N5O2S/c1-15-9-8-10-16(2)23(15)31-24(33)19-11-6-7-12-21(19)30-25(31)27-28-26(30)34-14-22(32)20-13-17(3)29(5)18(20)4/h6-13H,14H2,1-5H3. The van der Waals surface area contributed by atoms with E-state index in [-0.39, 0.29) is 17.1 Å². The molecule has 34 heavy (non-hydrogen) atoms. The molecule has 0 aliphatic rings. The predicted octanol–water partition coefficient (Wildman–Crippen LogP) is 4.58. The Kier molecular flexibility index (Phi) is 5.40. The molecule has 0 atom stereocenters. The van der Waals surface area contributed by atoms with E-state index in [9.17, 15) is 9.59 Å². The summed E-state index contributed by atoms with van der Waals surface area (Å²) in [6.45, 7) is 7.90. The lowest BCUT2D eigenvalue weighted by Gasteiger charge is -2.15. The molecule has 0 bridgehead atoms. The molecule has 5 aromatic rings. The SMILES string of the molecule is Cc1cccc(C)c1-n1c(=O)c2ccccc2n2c(SCC(=O)c3cc(C)n(C)c3C)nnc12. The Labute approximate surface area is 201 Å². The number of ketones is 1. The van der Waals surface area contributed by atoms with Crippen LogP contribution < -0.4 is 5.56 Å². The van der Waals surface area contributed by atoms with Gasteiger partial charge in [-0.25, -0.2) is 4.57 Å². The second kappa shape index (κ2) is 8.29. The Morgan fingerprint density at radius 2 is 1.68 bits per heavy atom. The van der Waals surface area contributed by atoms with Crippen LogP contribution in [0.5, 0.6) is 0 Å². The number of aromatic nitrogens is 5. The number of Topliss-reactive ketones (excluding diaryl/α,β-unsaturated/α-hetero) is 1. The van der Waals surface area contributed by atoms with Gasteiger partial charge < -0.3 is 4.57 Å². The van der Waals surface area contributed by atoms with Crippen molar-refractivity contribution in [1.82, 2.24) is 23.7 Å². The van der Waals surface area contributed by atoms with Crippen LogP contribution in [-0.2, 0) is 7.05 Å². The maximum Gasteiger partial charge on any atom is 0.267 e. The summed E-state index contributed by atoms with van der Waals surface area (Å²) in [5.41, 5.74) is 6.04. The zero-order chi connectivity index (χ0) is 24.1. The van der Waals surface area contributed by atoms with Gasteiger partial charge in [0, 0.05) is 24.0 Å². The van der Waals surface area contributed by atoms with E-state index in [1.54, 1.807) is 4.57 Å².